The fourth-order valence-corrected chi connectivity index (χ4v) is 3.13. The number of sulfonamides is 1. The molecule has 0 radical (unpaired) electrons. The van der Waals surface area contributed by atoms with Gasteiger partial charge in [-0.25, -0.2) is 17.1 Å². The zero-order chi connectivity index (χ0) is 15.7. The Morgan fingerprint density at radius 3 is 2.40 bits per heavy atom. The Kier molecular flexibility index (Phi) is 5.03. The van der Waals surface area contributed by atoms with Crippen LogP contribution in [0.15, 0.2) is 21.5 Å². The predicted molar refractivity (Wildman–Crippen MR) is 69.0 cm³/mol. The molecule has 0 heterocycles. The zero-order valence-corrected chi connectivity index (χ0v) is 12.6. The van der Waals surface area contributed by atoms with Crippen molar-refractivity contribution in [1.29, 1.82) is 0 Å². The molecule has 0 aromatic heterocycles. The molecule has 114 valence electrons. The molecular formula is C10H11BrF4N2O2S. The Hall–Kier alpha value is -0.870. The third-order valence-electron chi connectivity index (χ3n) is 2.45. The average Bonchev–Trinajstić information content (AvgIpc) is 2.29. The van der Waals surface area contributed by atoms with Crippen molar-refractivity contribution >= 4 is 31.6 Å². The van der Waals surface area contributed by atoms with E-state index in [1.807, 2.05) is 0 Å². The molecule has 4 nitrogen and oxygen atoms in total. The summed E-state index contributed by atoms with van der Waals surface area (Å²) in [6, 6.07) is 1.71. The number of alkyl halides is 3. The third kappa shape index (κ3) is 4.06. The number of benzene rings is 1. The first-order valence-electron chi connectivity index (χ1n) is 5.23. The molecule has 1 aromatic carbocycles. The van der Waals surface area contributed by atoms with Crippen molar-refractivity contribution < 1.29 is 26.0 Å². The lowest BCUT2D eigenvalue weighted by Crippen LogP contribution is -2.31. The van der Waals surface area contributed by atoms with Gasteiger partial charge in [-0.1, -0.05) is 0 Å². The average molecular weight is 379 g/mol. The van der Waals surface area contributed by atoms with Gasteiger partial charge in [0.2, 0.25) is 10.0 Å². The lowest BCUT2D eigenvalue weighted by molar-refractivity contribution is -0.135. The van der Waals surface area contributed by atoms with Crippen LogP contribution >= 0.6 is 15.9 Å². The standard InChI is InChI=1S/C10H11BrF4N2O2S/c1-17(3-2-10(13,14)15)20(18,19)9-4-6(11)7(12)5-8(9)16/h4-5H,2-3,16H2,1H3. The number of nitrogens with zero attached hydrogens (tertiary/aromatic N) is 1. The van der Waals surface area contributed by atoms with Crippen LogP contribution < -0.4 is 5.73 Å². The molecule has 0 amide bonds. The Balaban J connectivity index is 3.08. The van der Waals surface area contributed by atoms with Crippen LogP contribution in [0.1, 0.15) is 6.42 Å². The van der Waals surface area contributed by atoms with E-state index in [0.717, 1.165) is 19.2 Å². The highest BCUT2D eigenvalue weighted by atomic mass is 79.9. The van der Waals surface area contributed by atoms with Crippen LogP contribution in [0.25, 0.3) is 0 Å². The summed E-state index contributed by atoms with van der Waals surface area (Å²) in [7, 11) is -3.22. The van der Waals surface area contributed by atoms with Gasteiger partial charge in [0.05, 0.1) is 16.6 Å². The highest BCUT2D eigenvalue weighted by Crippen LogP contribution is 2.29. The molecule has 0 bridgehead atoms. The largest absolute Gasteiger partial charge is 0.398 e. The molecule has 0 aliphatic heterocycles. The van der Waals surface area contributed by atoms with Crippen molar-refractivity contribution in [2.45, 2.75) is 17.5 Å². The summed E-state index contributed by atoms with van der Waals surface area (Å²) in [6.07, 6.45) is -5.76. The van der Waals surface area contributed by atoms with E-state index >= 15 is 0 Å². The van der Waals surface area contributed by atoms with Gasteiger partial charge >= 0.3 is 6.18 Å². The van der Waals surface area contributed by atoms with Crippen molar-refractivity contribution in [3.05, 3.63) is 22.4 Å². The summed E-state index contributed by atoms with van der Waals surface area (Å²) in [4.78, 5) is -0.449. The molecule has 20 heavy (non-hydrogen) atoms. The molecule has 1 aromatic rings. The molecule has 0 aliphatic rings. The maximum Gasteiger partial charge on any atom is 0.390 e. The molecule has 0 saturated heterocycles. The van der Waals surface area contributed by atoms with Gasteiger partial charge in [-0.15, -0.1) is 0 Å². The van der Waals surface area contributed by atoms with Crippen LogP contribution in [0.2, 0.25) is 0 Å². The Morgan fingerprint density at radius 1 is 1.35 bits per heavy atom. The van der Waals surface area contributed by atoms with Gasteiger partial charge in [-0.3, -0.25) is 0 Å². The summed E-state index contributed by atoms with van der Waals surface area (Å²) >= 11 is 2.80. The number of rotatable bonds is 4. The third-order valence-corrected chi connectivity index (χ3v) is 4.97. The molecule has 1 rings (SSSR count). The Labute approximate surface area is 121 Å². The quantitative estimate of drug-likeness (QED) is 0.647. The molecule has 0 unspecified atom stereocenters. The predicted octanol–water partition coefficient (Wildman–Crippen LogP) is 2.74. The zero-order valence-electron chi connectivity index (χ0n) is 10.2. The lowest BCUT2D eigenvalue weighted by atomic mass is 10.3. The minimum Gasteiger partial charge on any atom is -0.398 e. The second-order valence-electron chi connectivity index (χ2n) is 4.00. The Morgan fingerprint density at radius 2 is 1.90 bits per heavy atom. The summed E-state index contributed by atoms with van der Waals surface area (Å²) in [5.74, 6) is -0.764. The normalized spacial score (nSPS) is 12.9. The van der Waals surface area contributed by atoms with Crippen molar-refractivity contribution in [2.75, 3.05) is 19.3 Å². The van der Waals surface area contributed by atoms with Gasteiger partial charge in [0, 0.05) is 13.6 Å². The first kappa shape index (κ1) is 17.2. The lowest BCUT2D eigenvalue weighted by Gasteiger charge is -2.19. The SMILES string of the molecule is CN(CCC(F)(F)F)S(=O)(=O)c1cc(Br)c(F)cc1N. The van der Waals surface area contributed by atoms with Gasteiger partial charge in [0.1, 0.15) is 10.7 Å². The molecule has 0 spiro atoms. The highest BCUT2D eigenvalue weighted by molar-refractivity contribution is 9.10. The van der Waals surface area contributed by atoms with E-state index in [4.69, 9.17) is 5.73 Å². The number of anilines is 1. The Bertz CT molecular complexity index is 604. The van der Waals surface area contributed by atoms with Crippen molar-refractivity contribution in [3.8, 4) is 0 Å². The number of hydrogen-bond donors (Lipinski definition) is 1. The molecule has 2 N–H and O–H groups in total. The van der Waals surface area contributed by atoms with Gasteiger partial charge in [0.15, 0.2) is 0 Å². The molecular weight excluding hydrogens is 368 g/mol. The summed E-state index contributed by atoms with van der Waals surface area (Å²) in [5.41, 5.74) is 5.04. The fourth-order valence-electron chi connectivity index (χ4n) is 1.34. The summed E-state index contributed by atoms with van der Waals surface area (Å²) in [5, 5.41) is 0. The number of nitrogens with two attached hydrogens (primary N) is 1. The van der Waals surface area contributed by atoms with Crippen molar-refractivity contribution in [3.63, 3.8) is 0 Å². The van der Waals surface area contributed by atoms with E-state index in [0.29, 0.717) is 4.31 Å². The van der Waals surface area contributed by atoms with E-state index in [-0.39, 0.29) is 10.2 Å². The maximum atomic E-state index is 13.2. The minimum absolute atomic E-state index is 0.144. The second kappa shape index (κ2) is 5.86. The van der Waals surface area contributed by atoms with Crippen LogP contribution in [0.4, 0.5) is 23.2 Å². The van der Waals surface area contributed by atoms with Crippen molar-refractivity contribution in [1.82, 2.24) is 4.31 Å². The minimum atomic E-state index is -4.47. The number of halogens is 5. The maximum absolute atomic E-state index is 13.2. The first-order valence-corrected chi connectivity index (χ1v) is 7.46. The van der Waals surface area contributed by atoms with E-state index in [2.05, 4.69) is 15.9 Å². The second-order valence-corrected chi connectivity index (χ2v) is 6.86. The van der Waals surface area contributed by atoms with Gasteiger partial charge < -0.3 is 5.73 Å². The van der Waals surface area contributed by atoms with E-state index in [1.165, 1.54) is 0 Å². The number of nitrogen functional groups attached to an aromatic ring is 1. The van der Waals surface area contributed by atoms with Crippen LogP contribution in [-0.4, -0.2) is 32.5 Å². The van der Waals surface area contributed by atoms with Crippen LogP contribution in [0, 0.1) is 5.82 Å². The summed E-state index contributed by atoms with van der Waals surface area (Å²) in [6.45, 7) is -0.750. The van der Waals surface area contributed by atoms with Gasteiger partial charge in [0.25, 0.3) is 0 Å². The molecule has 10 heteroatoms. The highest BCUT2D eigenvalue weighted by Gasteiger charge is 2.31. The van der Waals surface area contributed by atoms with E-state index in [9.17, 15) is 26.0 Å². The fraction of sp³-hybridized carbons (Fsp3) is 0.400. The van der Waals surface area contributed by atoms with Crippen LogP contribution in [-0.2, 0) is 10.0 Å². The molecule has 0 fully saturated rings. The van der Waals surface area contributed by atoms with E-state index in [1.54, 1.807) is 0 Å². The van der Waals surface area contributed by atoms with E-state index < -0.39 is 39.9 Å². The van der Waals surface area contributed by atoms with Crippen molar-refractivity contribution in [2.24, 2.45) is 0 Å². The molecule has 0 atom stereocenters. The number of hydrogen-bond acceptors (Lipinski definition) is 3. The molecule has 0 aliphatic carbocycles. The monoisotopic (exact) mass is 378 g/mol. The topological polar surface area (TPSA) is 63.4 Å². The van der Waals surface area contributed by atoms with Gasteiger partial charge in [-0.05, 0) is 28.1 Å². The smallest absolute Gasteiger partial charge is 0.390 e. The van der Waals surface area contributed by atoms with Gasteiger partial charge in [-0.2, -0.15) is 13.2 Å². The first-order chi connectivity index (χ1) is 8.95. The molecule has 0 saturated carbocycles. The summed E-state index contributed by atoms with van der Waals surface area (Å²) < 4.78 is 74.0. The van der Waals surface area contributed by atoms with Crippen LogP contribution in [0.3, 0.4) is 0 Å². The van der Waals surface area contributed by atoms with Crippen LogP contribution in [0.5, 0.6) is 0 Å².